The Labute approximate surface area is 70.7 Å². The van der Waals surface area contributed by atoms with Gasteiger partial charge in [0.1, 0.15) is 0 Å². The molecule has 1 heterocycles. The molecule has 0 spiro atoms. The molecule has 66 valence electrons. The van der Waals surface area contributed by atoms with Gasteiger partial charge >= 0.3 is 0 Å². The Kier molecular flexibility index (Phi) is 1.65. The number of hydrogen-bond acceptors (Lipinski definition) is 3. The van der Waals surface area contributed by atoms with Crippen LogP contribution >= 0.6 is 0 Å². The van der Waals surface area contributed by atoms with Gasteiger partial charge in [-0.15, -0.1) is 0 Å². The van der Waals surface area contributed by atoms with Gasteiger partial charge in [-0.3, -0.25) is 14.9 Å². The Morgan fingerprint density at radius 3 is 2.58 bits per heavy atom. The molecule has 0 bridgehead atoms. The van der Waals surface area contributed by atoms with Crippen LogP contribution in [0.1, 0.15) is 19.8 Å². The quantitative estimate of drug-likeness (QED) is 0.541. The molecule has 2 fully saturated rings. The molecule has 2 aliphatic rings. The minimum atomic E-state index is -0.271. The molecule has 1 saturated carbocycles. The zero-order chi connectivity index (χ0) is 8.72. The maximum absolute atomic E-state index is 11.1. The summed E-state index contributed by atoms with van der Waals surface area (Å²) in [5.74, 6) is 0.332. The second-order valence-corrected chi connectivity index (χ2v) is 3.66. The van der Waals surface area contributed by atoms with Crippen LogP contribution in [-0.4, -0.2) is 23.9 Å². The average molecular weight is 168 g/mol. The highest BCUT2D eigenvalue weighted by Gasteiger charge is 2.39. The topological polar surface area (TPSA) is 58.2 Å². The van der Waals surface area contributed by atoms with Gasteiger partial charge in [0.2, 0.25) is 11.8 Å². The van der Waals surface area contributed by atoms with E-state index >= 15 is 0 Å². The van der Waals surface area contributed by atoms with Gasteiger partial charge in [0.25, 0.3) is 0 Å². The average Bonchev–Trinajstić information content (AvgIpc) is 2.55. The number of imide groups is 1. The monoisotopic (exact) mass is 168 g/mol. The van der Waals surface area contributed by atoms with Gasteiger partial charge in [0.05, 0.1) is 12.5 Å². The standard InChI is InChI=1S/C8H12N2O2/c1-4-2-5(4)9-6-3-7(11)10-8(6)12/h4-6,9H,2-3H2,1H3,(H,10,11,12). The van der Waals surface area contributed by atoms with Crippen LogP contribution in [0.3, 0.4) is 0 Å². The van der Waals surface area contributed by atoms with Gasteiger partial charge in [0.15, 0.2) is 0 Å². The van der Waals surface area contributed by atoms with Gasteiger partial charge in [-0.25, -0.2) is 0 Å². The predicted octanol–water partition coefficient (Wildman–Crippen LogP) is -0.601. The number of rotatable bonds is 2. The van der Waals surface area contributed by atoms with E-state index in [1.54, 1.807) is 0 Å². The zero-order valence-electron chi connectivity index (χ0n) is 6.96. The Balaban J connectivity index is 1.88. The van der Waals surface area contributed by atoms with E-state index in [0.29, 0.717) is 18.4 Å². The van der Waals surface area contributed by atoms with Gasteiger partial charge in [0, 0.05) is 6.04 Å². The Bertz CT molecular complexity index is 239. The lowest BCUT2D eigenvalue weighted by atomic mass is 10.2. The van der Waals surface area contributed by atoms with Crippen molar-refractivity contribution < 1.29 is 9.59 Å². The van der Waals surface area contributed by atoms with E-state index in [1.165, 1.54) is 0 Å². The molecule has 1 aliphatic carbocycles. The lowest BCUT2D eigenvalue weighted by Crippen LogP contribution is -2.38. The molecule has 0 aromatic carbocycles. The zero-order valence-corrected chi connectivity index (χ0v) is 6.96. The number of nitrogens with one attached hydrogen (secondary N) is 2. The van der Waals surface area contributed by atoms with Crippen molar-refractivity contribution in [1.29, 1.82) is 0 Å². The molecule has 4 heteroatoms. The Morgan fingerprint density at radius 1 is 1.50 bits per heavy atom. The van der Waals surface area contributed by atoms with E-state index in [1.807, 2.05) is 0 Å². The second-order valence-electron chi connectivity index (χ2n) is 3.66. The molecular weight excluding hydrogens is 156 g/mol. The first-order valence-corrected chi connectivity index (χ1v) is 4.26. The predicted molar refractivity (Wildman–Crippen MR) is 42.3 cm³/mol. The Hall–Kier alpha value is -0.900. The van der Waals surface area contributed by atoms with Crippen LogP contribution in [0.2, 0.25) is 0 Å². The maximum atomic E-state index is 11.1. The number of amides is 2. The van der Waals surface area contributed by atoms with Crippen molar-refractivity contribution in [3.63, 3.8) is 0 Å². The van der Waals surface area contributed by atoms with E-state index in [2.05, 4.69) is 17.6 Å². The third-order valence-electron chi connectivity index (χ3n) is 2.49. The molecule has 1 saturated heterocycles. The summed E-state index contributed by atoms with van der Waals surface area (Å²) in [6, 6.07) is 0.180. The highest BCUT2D eigenvalue weighted by atomic mass is 16.2. The molecule has 0 aromatic heterocycles. The van der Waals surface area contributed by atoms with E-state index in [4.69, 9.17) is 0 Å². The summed E-state index contributed by atoms with van der Waals surface area (Å²) in [7, 11) is 0. The molecule has 2 amide bonds. The minimum Gasteiger partial charge on any atom is -0.302 e. The van der Waals surface area contributed by atoms with Crippen molar-refractivity contribution in [3.8, 4) is 0 Å². The number of hydrogen-bond donors (Lipinski definition) is 2. The third kappa shape index (κ3) is 1.34. The smallest absolute Gasteiger partial charge is 0.244 e. The van der Waals surface area contributed by atoms with Crippen molar-refractivity contribution in [2.75, 3.05) is 0 Å². The van der Waals surface area contributed by atoms with Crippen molar-refractivity contribution in [2.24, 2.45) is 5.92 Å². The summed E-state index contributed by atoms with van der Waals surface area (Å²) in [6.07, 6.45) is 1.43. The molecule has 1 aliphatic heterocycles. The van der Waals surface area contributed by atoms with Crippen LogP contribution in [0, 0.1) is 5.92 Å². The van der Waals surface area contributed by atoms with E-state index in [-0.39, 0.29) is 17.9 Å². The first-order chi connectivity index (χ1) is 5.66. The van der Waals surface area contributed by atoms with Crippen molar-refractivity contribution in [3.05, 3.63) is 0 Å². The summed E-state index contributed by atoms with van der Waals surface area (Å²) < 4.78 is 0. The van der Waals surface area contributed by atoms with Crippen LogP contribution in [0.15, 0.2) is 0 Å². The molecule has 2 rings (SSSR count). The fraction of sp³-hybridized carbons (Fsp3) is 0.750. The number of carbonyl (C=O) groups is 2. The summed E-state index contributed by atoms with van der Waals surface area (Å²) in [5.41, 5.74) is 0. The van der Waals surface area contributed by atoms with Crippen molar-refractivity contribution in [1.82, 2.24) is 10.6 Å². The highest BCUT2D eigenvalue weighted by Crippen LogP contribution is 2.30. The van der Waals surface area contributed by atoms with Crippen LogP contribution in [0.5, 0.6) is 0 Å². The van der Waals surface area contributed by atoms with Gasteiger partial charge in [-0.2, -0.15) is 0 Å². The SMILES string of the molecule is CC1CC1NC1CC(=O)NC1=O. The normalized spacial score (nSPS) is 39.9. The molecule has 3 unspecified atom stereocenters. The fourth-order valence-corrected chi connectivity index (χ4v) is 1.50. The molecule has 12 heavy (non-hydrogen) atoms. The highest BCUT2D eigenvalue weighted by molar-refractivity contribution is 6.05. The first kappa shape index (κ1) is 7.73. The summed E-state index contributed by atoms with van der Waals surface area (Å²) in [6.45, 7) is 2.13. The molecule has 0 aromatic rings. The maximum Gasteiger partial charge on any atom is 0.244 e. The first-order valence-electron chi connectivity index (χ1n) is 4.26. The largest absolute Gasteiger partial charge is 0.302 e. The molecule has 2 N–H and O–H groups in total. The van der Waals surface area contributed by atoms with Gasteiger partial charge in [-0.1, -0.05) is 6.92 Å². The molecule has 3 atom stereocenters. The van der Waals surface area contributed by atoms with E-state index in [9.17, 15) is 9.59 Å². The summed E-state index contributed by atoms with van der Waals surface area (Å²) >= 11 is 0. The van der Waals surface area contributed by atoms with Crippen LogP contribution in [0.25, 0.3) is 0 Å². The second kappa shape index (κ2) is 2.55. The Morgan fingerprint density at radius 2 is 2.17 bits per heavy atom. The van der Waals surface area contributed by atoms with Gasteiger partial charge in [-0.05, 0) is 12.3 Å². The molecule has 0 radical (unpaired) electrons. The van der Waals surface area contributed by atoms with E-state index < -0.39 is 0 Å². The minimum absolute atomic E-state index is 0.161. The number of carbonyl (C=O) groups excluding carboxylic acids is 2. The van der Waals surface area contributed by atoms with Crippen LogP contribution < -0.4 is 10.6 Å². The fourth-order valence-electron chi connectivity index (χ4n) is 1.50. The van der Waals surface area contributed by atoms with Crippen LogP contribution in [0.4, 0.5) is 0 Å². The summed E-state index contributed by atoms with van der Waals surface area (Å²) in [4.78, 5) is 21.8. The van der Waals surface area contributed by atoms with Crippen molar-refractivity contribution >= 4 is 11.8 Å². The third-order valence-corrected chi connectivity index (χ3v) is 2.49. The van der Waals surface area contributed by atoms with Gasteiger partial charge < -0.3 is 5.32 Å². The van der Waals surface area contributed by atoms with Crippen molar-refractivity contribution in [2.45, 2.75) is 31.8 Å². The van der Waals surface area contributed by atoms with E-state index in [0.717, 1.165) is 6.42 Å². The van der Waals surface area contributed by atoms with Crippen LogP contribution in [-0.2, 0) is 9.59 Å². The molecular formula is C8H12N2O2. The lowest BCUT2D eigenvalue weighted by molar-refractivity contribution is -0.125. The summed E-state index contributed by atoms with van der Waals surface area (Å²) in [5, 5.41) is 5.42. The molecule has 4 nitrogen and oxygen atoms in total. The lowest BCUT2D eigenvalue weighted by Gasteiger charge is -2.06.